The number of benzene rings is 1. The van der Waals surface area contributed by atoms with Crippen molar-refractivity contribution < 1.29 is 24.2 Å². The van der Waals surface area contributed by atoms with E-state index in [0.29, 0.717) is 32.6 Å². The lowest BCUT2D eigenvalue weighted by Crippen LogP contribution is -2.57. The molecule has 2 fully saturated rings. The molecular formula is C34H47N3O5. The van der Waals surface area contributed by atoms with Crippen LogP contribution in [0.1, 0.15) is 71.3 Å². The van der Waals surface area contributed by atoms with Crippen molar-refractivity contribution in [1.29, 1.82) is 0 Å². The number of aliphatic hydroxyl groups excluding tert-OH is 1. The lowest BCUT2D eigenvalue weighted by atomic mass is 9.73. The summed E-state index contributed by atoms with van der Waals surface area (Å²) in [6, 6.07) is 9.12. The summed E-state index contributed by atoms with van der Waals surface area (Å²) in [7, 11) is 0. The lowest BCUT2D eigenvalue weighted by Gasteiger charge is -2.39. The van der Waals surface area contributed by atoms with E-state index in [1.165, 1.54) is 0 Å². The van der Waals surface area contributed by atoms with E-state index in [0.717, 1.165) is 44.1 Å². The molecule has 4 aliphatic heterocycles. The van der Waals surface area contributed by atoms with Gasteiger partial charge in [0.05, 0.1) is 17.4 Å². The van der Waals surface area contributed by atoms with Crippen LogP contribution < -0.4 is 0 Å². The zero-order chi connectivity index (χ0) is 29.9. The molecule has 8 nitrogen and oxygen atoms in total. The quantitative estimate of drug-likeness (QED) is 0.299. The minimum absolute atomic E-state index is 0.0257. The predicted octanol–water partition coefficient (Wildman–Crippen LogP) is 4.09. The highest BCUT2D eigenvalue weighted by Gasteiger charge is 2.75. The Morgan fingerprint density at radius 3 is 2.38 bits per heavy atom. The second-order valence-corrected chi connectivity index (χ2v) is 12.4. The van der Waals surface area contributed by atoms with E-state index in [1.54, 1.807) is 4.90 Å². The van der Waals surface area contributed by atoms with Gasteiger partial charge in [0.15, 0.2) is 0 Å². The van der Waals surface area contributed by atoms with Crippen molar-refractivity contribution in [3.63, 3.8) is 0 Å². The summed E-state index contributed by atoms with van der Waals surface area (Å²) in [4.78, 5) is 49.0. The Morgan fingerprint density at radius 2 is 1.67 bits per heavy atom. The van der Waals surface area contributed by atoms with Crippen molar-refractivity contribution in [3.05, 3.63) is 60.2 Å². The number of nitrogens with zero attached hydrogens (tertiary/aromatic N) is 3. The van der Waals surface area contributed by atoms with Crippen molar-refractivity contribution in [2.75, 3.05) is 26.2 Å². The maximum atomic E-state index is 14.6. The molecule has 1 aromatic rings. The Morgan fingerprint density at radius 1 is 0.929 bits per heavy atom. The van der Waals surface area contributed by atoms with Crippen LogP contribution in [0, 0.1) is 11.8 Å². The molecule has 0 aliphatic carbocycles. The summed E-state index contributed by atoms with van der Waals surface area (Å²) >= 11 is 0. The zero-order valence-electron chi connectivity index (χ0n) is 25.4. The Hall–Kier alpha value is -2.97. The fourth-order valence-electron chi connectivity index (χ4n) is 7.73. The van der Waals surface area contributed by atoms with Crippen LogP contribution in [0.25, 0.3) is 0 Å². The number of carbonyl (C=O) groups excluding carboxylic acids is 3. The molecule has 8 heteroatoms. The normalized spacial score (nSPS) is 31.2. The lowest BCUT2D eigenvalue weighted by molar-refractivity contribution is -0.155. The number of rotatable bonds is 12. The summed E-state index contributed by atoms with van der Waals surface area (Å²) in [5, 5.41) is 9.21. The number of carbonyl (C=O) groups is 3. The average Bonchev–Trinajstić information content (AvgIpc) is 3.27. The number of ether oxygens (including phenoxy) is 1. The van der Waals surface area contributed by atoms with Gasteiger partial charge in [0, 0.05) is 38.8 Å². The molecule has 4 aliphatic rings. The van der Waals surface area contributed by atoms with Gasteiger partial charge in [-0.2, -0.15) is 0 Å². The number of fused-ring (bicyclic) bond motifs is 2. The van der Waals surface area contributed by atoms with Crippen LogP contribution in [0.4, 0.5) is 0 Å². The van der Waals surface area contributed by atoms with E-state index in [2.05, 4.69) is 13.8 Å². The summed E-state index contributed by atoms with van der Waals surface area (Å²) in [6.45, 7) is 8.11. The van der Waals surface area contributed by atoms with E-state index in [1.807, 2.05) is 71.4 Å². The average molecular weight is 578 g/mol. The molecule has 3 amide bonds. The largest absolute Gasteiger partial charge is 0.396 e. The van der Waals surface area contributed by atoms with Gasteiger partial charge in [-0.15, -0.1) is 0 Å². The number of aliphatic hydroxyl groups is 1. The summed E-state index contributed by atoms with van der Waals surface area (Å²) in [6.07, 6.45) is 13.4. The van der Waals surface area contributed by atoms with Crippen molar-refractivity contribution in [2.24, 2.45) is 11.8 Å². The number of unbranched alkanes of at least 4 members (excludes halogenated alkanes) is 3. The third-order valence-corrected chi connectivity index (χ3v) is 9.82. The molecule has 42 heavy (non-hydrogen) atoms. The minimum Gasteiger partial charge on any atom is -0.396 e. The number of amides is 3. The molecule has 1 spiro atoms. The monoisotopic (exact) mass is 577 g/mol. The van der Waals surface area contributed by atoms with E-state index in [9.17, 15) is 19.5 Å². The van der Waals surface area contributed by atoms with Crippen LogP contribution in [0.3, 0.4) is 0 Å². The summed E-state index contributed by atoms with van der Waals surface area (Å²) in [5.41, 5.74) is -1.15. The summed E-state index contributed by atoms with van der Waals surface area (Å²) in [5.74, 6) is -1.85. The Labute approximate surface area is 250 Å². The highest BCUT2D eigenvalue weighted by atomic mass is 16.5. The molecule has 1 N–H and O–H groups in total. The molecule has 0 radical (unpaired) electrons. The molecular weight excluding hydrogens is 530 g/mol. The number of hydrogen-bond acceptors (Lipinski definition) is 5. The first-order valence-electron chi connectivity index (χ1n) is 15.9. The third-order valence-electron chi connectivity index (χ3n) is 9.82. The van der Waals surface area contributed by atoms with Crippen LogP contribution in [0.15, 0.2) is 54.6 Å². The Balaban J connectivity index is 1.55. The van der Waals surface area contributed by atoms with Crippen LogP contribution in [-0.2, 0) is 25.7 Å². The van der Waals surface area contributed by atoms with E-state index in [-0.39, 0.29) is 30.4 Å². The fraction of sp³-hybridized carbons (Fsp3) is 0.618. The van der Waals surface area contributed by atoms with Crippen LogP contribution in [0.5, 0.6) is 0 Å². The van der Waals surface area contributed by atoms with Gasteiger partial charge in [-0.1, -0.05) is 87.7 Å². The second kappa shape index (κ2) is 12.7. The van der Waals surface area contributed by atoms with Crippen molar-refractivity contribution in [1.82, 2.24) is 14.7 Å². The zero-order valence-corrected chi connectivity index (χ0v) is 25.4. The molecule has 5 rings (SSSR count). The van der Waals surface area contributed by atoms with Crippen molar-refractivity contribution in [3.8, 4) is 0 Å². The maximum absolute atomic E-state index is 14.6. The third kappa shape index (κ3) is 5.21. The Bertz CT molecular complexity index is 1200. The van der Waals surface area contributed by atoms with Crippen molar-refractivity contribution in [2.45, 2.75) is 95.5 Å². The van der Waals surface area contributed by atoms with E-state index in [4.69, 9.17) is 4.74 Å². The molecule has 4 heterocycles. The van der Waals surface area contributed by atoms with E-state index < -0.39 is 29.1 Å². The van der Waals surface area contributed by atoms with Gasteiger partial charge in [-0.3, -0.25) is 14.4 Å². The second-order valence-electron chi connectivity index (χ2n) is 12.4. The number of likely N-dealkylation sites (tertiary alicyclic amines) is 1. The molecule has 0 bridgehead atoms. The van der Waals surface area contributed by atoms with Gasteiger partial charge in [0.25, 0.3) is 0 Å². The molecule has 228 valence electrons. The molecule has 2 unspecified atom stereocenters. The smallest absolute Gasteiger partial charge is 0.249 e. The molecule has 0 aromatic heterocycles. The van der Waals surface area contributed by atoms with Crippen LogP contribution in [0.2, 0.25) is 0 Å². The van der Waals surface area contributed by atoms with Crippen LogP contribution >= 0.6 is 0 Å². The molecule has 0 saturated carbocycles. The number of hydrogen-bond donors (Lipinski definition) is 1. The SMILES string of the molecule is CCCC(C)N1CC=C[C@]23O[C@]4(CC)C=CCN(Cc5ccccc5)C(=O)[C@@H]4[C@H]2C(=O)N(CCCCCCO)C3C1=O. The molecule has 6 atom stereocenters. The standard InChI is InChI=1S/C34H47N3O5/c1-4-15-25(3)36-22-14-19-34-28(31(40)37(29(34)32(36)41)21-11-6-7-12-23-38)27-30(39)35(24-26-16-9-8-10-17-26)20-13-18-33(27,5-2)42-34/h8-10,13-14,16-19,25,27-29,38H,4-7,11-12,15,20-24H2,1-3H3/t25?,27-,28-,29?,33+,34-/m0/s1. The first-order chi connectivity index (χ1) is 20.3. The van der Waals surface area contributed by atoms with Crippen molar-refractivity contribution >= 4 is 17.7 Å². The Kier molecular flexibility index (Phi) is 9.23. The maximum Gasteiger partial charge on any atom is 0.249 e. The topological polar surface area (TPSA) is 90.4 Å². The van der Waals surface area contributed by atoms with E-state index >= 15 is 0 Å². The highest BCUT2D eigenvalue weighted by Crippen LogP contribution is 2.58. The molecule has 1 aromatic carbocycles. The summed E-state index contributed by atoms with van der Waals surface area (Å²) < 4.78 is 7.09. The van der Waals surface area contributed by atoms with Gasteiger partial charge in [-0.25, -0.2) is 0 Å². The molecule has 2 saturated heterocycles. The van der Waals surface area contributed by atoms with Gasteiger partial charge in [0.1, 0.15) is 11.6 Å². The van der Waals surface area contributed by atoms with Crippen LogP contribution in [-0.4, -0.2) is 87.1 Å². The minimum atomic E-state index is -1.21. The highest BCUT2D eigenvalue weighted by molar-refractivity contribution is 6.00. The van der Waals surface area contributed by atoms with Gasteiger partial charge in [0.2, 0.25) is 17.7 Å². The van der Waals surface area contributed by atoms with Gasteiger partial charge in [-0.05, 0) is 38.2 Å². The predicted molar refractivity (Wildman–Crippen MR) is 161 cm³/mol. The first-order valence-corrected chi connectivity index (χ1v) is 15.9. The van der Waals surface area contributed by atoms with Gasteiger partial charge >= 0.3 is 0 Å². The fourth-order valence-corrected chi connectivity index (χ4v) is 7.73. The van der Waals surface area contributed by atoms with Gasteiger partial charge < -0.3 is 24.5 Å². The first kappa shape index (κ1) is 30.5.